The van der Waals surface area contributed by atoms with Gasteiger partial charge in [-0.2, -0.15) is 0 Å². The third-order valence-corrected chi connectivity index (χ3v) is 5.47. The van der Waals surface area contributed by atoms with Gasteiger partial charge >= 0.3 is 0 Å². The van der Waals surface area contributed by atoms with Gasteiger partial charge in [-0.3, -0.25) is 19.3 Å². The van der Waals surface area contributed by atoms with Gasteiger partial charge in [-0.15, -0.1) is 0 Å². The molecule has 0 radical (unpaired) electrons. The molecule has 8 heteroatoms. The molecule has 0 unspecified atom stereocenters. The normalized spacial score (nSPS) is 15.7. The van der Waals surface area contributed by atoms with E-state index in [1.807, 2.05) is 55.5 Å². The molecule has 1 saturated heterocycles. The molecule has 1 aromatic heterocycles. The van der Waals surface area contributed by atoms with E-state index < -0.39 is 17.1 Å². The van der Waals surface area contributed by atoms with E-state index in [1.165, 1.54) is 6.08 Å². The van der Waals surface area contributed by atoms with Crippen molar-refractivity contribution in [3.05, 3.63) is 55.4 Å². The highest BCUT2D eigenvalue weighted by Gasteiger charge is 2.36. The zero-order valence-corrected chi connectivity index (χ0v) is 17.9. The van der Waals surface area contributed by atoms with Crippen LogP contribution in [0.3, 0.4) is 0 Å². The summed E-state index contributed by atoms with van der Waals surface area (Å²) >= 11 is 2.81. The van der Waals surface area contributed by atoms with Gasteiger partial charge in [0.1, 0.15) is 12.3 Å². The first-order chi connectivity index (χ1) is 12.7. The van der Waals surface area contributed by atoms with Gasteiger partial charge < -0.3 is 9.73 Å². The number of hydrogen-bond donors (Lipinski definition) is 1. The number of imide groups is 1. The number of carbonyl (C=O) groups is 3. The van der Waals surface area contributed by atoms with E-state index in [1.54, 1.807) is 12.1 Å². The summed E-state index contributed by atoms with van der Waals surface area (Å²) in [6, 6.07) is 7.41. The van der Waals surface area contributed by atoms with Crippen LogP contribution in [0.15, 0.2) is 33.6 Å². The van der Waals surface area contributed by atoms with Gasteiger partial charge in [-0.05, 0) is 78.4 Å². The van der Waals surface area contributed by atoms with E-state index in [-0.39, 0.29) is 11.4 Å². The highest BCUT2D eigenvalue weighted by Crippen LogP contribution is 2.32. The molecule has 0 saturated carbocycles. The van der Waals surface area contributed by atoms with Crippen molar-refractivity contribution in [1.82, 2.24) is 4.90 Å². The van der Waals surface area contributed by atoms with Crippen molar-refractivity contribution in [2.24, 2.45) is 0 Å². The minimum atomic E-state index is -0.496. The van der Waals surface area contributed by atoms with Gasteiger partial charge in [0, 0.05) is 11.8 Å². The molecule has 1 aliphatic heterocycles. The molecule has 3 rings (SSSR count). The molecule has 0 spiro atoms. The number of anilines is 1. The Morgan fingerprint density at radius 1 is 1.22 bits per heavy atom. The number of hydrogen-bond acceptors (Lipinski definition) is 5. The van der Waals surface area contributed by atoms with Crippen LogP contribution in [0.4, 0.5) is 10.5 Å². The van der Waals surface area contributed by atoms with Crippen LogP contribution in [-0.4, -0.2) is 28.5 Å². The maximum Gasteiger partial charge on any atom is 0.294 e. The van der Waals surface area contributed by atoms with Crippen molar-refractivity contribution in [2.75, 3.05) is 11.9 Å². The number of aryl methyl sites for hydroxylation is 3. The number of carbonyl (C=O) groups excluding carboxylic acids is 3. The summed E-state index contributed by atoms with van der Waals surface area (Å²) in [4.78, 5) is 38.3. The molecule has 1 fully saturated rings. The van der Waals surface area contributed by atoms with Crippen molar-refractivity contribution in [3.8, 4) is 0 Å². The van der Waals surface area contributed by atoms with E-state index in [9.17, 15) is 14.4 Å². The van der Waals surface area contributed by atoms with E-state index in [2.05, 4.69) is 5.32 Å². The van der Waals surface area contributed by atoms with Crippen molar-refractivity contribution in [3.63, 3.8) is 0 Å². The first kappa shape index (κ1) is 19.7. The molecule has 1 aliphatic rings. The monoisotopic (exact) mass is 496 g/mol. The molecule has 1 N–H and O–H groups in total. The molecular formula is C19H17IN2O4S. The predicted octanol–water partition coefficient (Wildman–Crippen LogP) is 4.48. The fourth-order valence-electron chi connectivity index (χ4n) is 2.87. The Morgan fingerprint density at radius 3 is 2.48 bits per heavy atom. The van der Waals surface area contributed by atoms with Crippen molar-refractivity contribution in [2.45, 2.75) is 20.8 Å². The highest BCUT2D eigenvalue weighted by atomic mass is 127. The van der Waals surface area contributed by atoms with Crippen molar-refractivity contribution >= 4 is 63.2 Å². The summed E-state index contributed by atoms with van der Waals surface area (Å²) < 4.78 is 6.08. The molecule has 0 atom stereocenters. The maximum absolute atomic E-state index is 12.5. The Bertz CT molecular complexity index is 957. The molecule has 0 aliphatic carbocycles. The lowest BCUT2D eigenvalue weighted by Crippen LogP contribution is -2.36. The lowest BCUT2D eigenvalue weighted by molar-refractivity contribution is -0.127. The van der Waals surface area contributed by atoms with Crippen LogP contribution in [0.25, 0.3) is 6.08 Å². The number of amides is 3. The van der Waals surface area contributed by atoms with Gasteiger partial charge in [0.15, 0.2) is 3.77 Å². The minimum Gasteiger partial charge on any atom is -0.451 e. The molecule has 140 valence electrons. The van der Waals surface area contributed by atoms with Gasteiger partial charge in [-0.25, -0.2) is 0 Å². The molecule has 6 nitrogen and oxygen atoms in total. The van der Waals surface area contributed by atoms with Crippen LogP contribution < -0.4 is 5.32 Å². The second kappa shape index (κ2) is 7.89. The predicted molar refractivity (Wildman–Crippen MR) is 113 cm³/mol. The van der Waals surface area contributed by atoms with Gasteiger partial charge in [-0.1, -0.05) is 17.7 Å². The quantitative estimate of drug-likeness (QED) is 0.499. The summed E-state index contributed by atoms with van der Waals surface area (Å²) in [5.41, 5.74) is 3.68. The highest BCUT2D eigenvalue weighted by molar-refractivity contribution is 14.1. The van der Waals surface area contributed by atoms with Crippen molar-refractivity contribution in [1.29, 1.82) is 0 Å². The number of thioether (sulfide) groups is 1. The zero-order chi connectivity index (χ0) is 19.7. The smallest absolute Gasteiger partial charge is 0.294 e. The number of benzene rings is 1. The fraction of sp³-hybridized carbons (Fsp3) is 0.211. The number of halogens is 1. The first-order valence-electron chi connectivity index (χ1n) is 8.13. The average molecular weight is 496 g/mol. The third-order valence-electron chi connectivity index (χ3n) is 3.98. The lowest BCUT2D eigenvalue weighted by Gasteiger charge is -2.15. The molecule has 1 aromatic carbocycles. The third kappa shape index (κ3) is 4.44. The number of rotatable bonds is 4. The molecular weight excluding hydrogens is 479 g/mol. The van der Waals surface area contributed by atoms with Crippen LogP contribution in [0.2, 0.25) is 0 Å². The molecule has 2 heterocycles. The Hall–Kier alpha value is -2.07. The first-order valence-corrected chi connectivity index (χ1v) is 10.0. The molecule has 0 bridgehead atoms. The standard InChI is InChI=1S/C19H17IN2O4S/c1-10-6-11(2)17(12(3)7-10)21-16(23)9-22-18(24)14(27-19(22)25)8-13-4-5-15(20)26-13/h4-8H,9H2,1-3H3,(H,21,23)/b14-8-. The number of nitrogens with zero attached hydrogens (tertiary/aromatic N) is 1. The fourth-order valence-corrected chi connectivity index (χ4v) is 4.12. The minimum absolute atomic E-state index is 0.237. The van der Waals surface area contributed by atoms with E-state index >= 15 is 0 Å². The average Bonchev–Trinajstić information content (AvgIpc) is 3.09. The Labute approximate surface area is 174 Å². The summed E-state index contributed by atoms with van der Waals surface area (Å²) in [5, 5.41) is 2.34. The van der Waals surface area contributed by atoms with Crippen LogP contribution in [0, 0.1) is 24.5 Å². The van der Waals surface area contributed by atoms with Crippen LogP contribution in [0.5, 0.6) is 0 Å². The summed E-state index contributed by atoms with van der Waals surface area (Å²) in [7, 11) is 0. The van der Waals surface area contributed by atoms with Crippen LogP contribution >= 0.6 is 34.4 Å². The second-order valence-electron chi connectivity index (χ2n) is 6.23. The molecule has 2 aromatic rings. The van der Waals surface area contributed by atoms with E-state index in [0.717, 1.165) is 33.4 Å². The Morgan fingerprint density at radius 2 is 1.89 bits per heavy atom. The van der Waals surface area contributed by atoms with Gasteiger partial charge in [0.2, 0.25) is 5.91 Å². The molecule has 27 heavy (non-hydrogen) atoms. The second-order valence-corrected chi connectivity index (χ2v) is 8.29. The van der Waals surface area contributed by atoms with Crippen molar-refractivity contribution < 1.29 is 18.8 Å². The summed E-state index contributed by atoms with van der Waals surface area (Å²) in [5.74, 6) is -0.426. The summed E-state index contributed by atoms with van der Waals surface area (Å²) in [6.45, 7) is 5.47. The van der Waals surface area contributed by atoms with E-state index in [4.69, 9.17) is 4.42 Å². The lowest BCUT2D eigenvalue weighted by atomic mass is 10.1. The van der Waals surface area contributed by atoms with Crippen LogP contribution in [-0.2, 0) is 9.59 Å². The topological polar surface area (TPSA) is 79.6 Å². The Balaban J connectivity index is 1.72. The SMILES string of the molecule is Cc1cc(C)c(NC(=O)CN2C(=O)S/C(=C\c3ccc(I)o3)C2=O)c(C)c1. The zero-order valence-electron chi connectivity index (χ0n) is 15.0. The van der Waals surface area contributed by atoms with Gasteiger partial charge in [0.25, 0.3) is 11.1 Å². The molecule has 3 amide bonds. The van der Waals surface area contributed by atoms with Gasteiger partial charge in [0.05, 0.1) is 4.91 Å². The number of furan rings is 1. The van der Waals surface area contributed by atoms with Crippen LogP contribution in [0.1, 0.15) is 22.5 Å². The maximum atomic E-state index is 12.5. The largest absolute Gasteiger partial charge is 0.451 e. The van der Waals surface area contributed by atoms with E-state index in [0.29, 0.717) is 15.2 Å². The number of nitrogens with one attached hydrogen (secondary N) is 1. The summed E-state index contributed by atoms with van der Waals surface area (Å²) in [6.07, 6.45) is 1.51. The Kier molecular flexibility index (Phi) is 5.75.